The summed E-state index contributed by atoms with van der Waals surface area (Å²) >= 11 is 3.19. The summed E-state index contributed by atoms with van der Waals surface area (Å²) in [6.07, 6.45) is 0. The Morgan fingerprint density at radius 1 is 1.00 bits per heavy atom. The number of aryl methyl sites for hydroxylation is 2. The zero-order chi connectivity index (χ0) is 14.9. The Labute approximate surface area is 126 Å². The van der Waals surface area contributed by atoms with Gasteiger partial charge in [0.15, 0.2) is 0 Å². The SMILES string of the molecule is Cc1cc(C)cc(C(C)Nc2c(F)cc(F)cc2Br)c1. The van der Waals surface area contributed by atoms with Crippen LogP contribution in [0.25, 0.3) is 0 Å². The molecular formula is C16H16BrF2N. The average molecular weight is 340 g/mol. The van der Waals surface area contributed by atoms with Crippen molar-refractivity contribution in [3.05, 3.63) is 63.1 Å². The van der Waals surface area contributed by atoms with Gasteiger partial charge in [0.1, 0.15) is 11.6 Å². The molecular weight excluding hydrogens is 324 g/mol. The summed E-state index contributed by atoms with van der Waals surface area (Å²) in [5.74, 6) is -1.20. The van der Waals surface area contributed by atoms with Gasteiger partial charge in [-0.05, 0) is 48.3 Å². The molecule has 106 valence electrons. The molecule has 1 N–H and O–H groups in total. The molecule has 0 heterocycles. The highest BCUT2D eigenvalue weighted by atomic mass is 79.9. The van der Waals surface area contributed by atoms with Gasteiger partial charge < -0.3 is 5.32 Å². The van der Waals surface area contributed by atoms with Crippen molar-refractivity contribution in [2.75, 3.05) is 5.32 Å². The van der Waals surface area contributed by atoms with E-state index < -0.39 is 11.6 Å². The molecule has 0 radical (unpaired) electrons. The monoisotopic (exact) mass is 339 g/mol. The Kier molecular flexibility index (Phi) is 4.43. The molecule has 0 aliphatic heterocycles. The largest absolute Gasteiger partial charge is 0.375 e. The molecule has 1 atom stereocenters. The molecule has 1 nitrogen and oxygen atoms in total. The smallest absolute Gasteiger partial charge is 0.150 e. The second-order valence-electron chi connectivity index (χ2n) is 5.03. The maximum Gasteiger partial charge on any atom is 0.150 e. The fourth-order valence-corrected chi connectivity index (χ4v) is 2.76. The van der Waals surface area contributed by atoms with Crippen molar-refractivity contribution < 1.29 is 8.78 Å². The molecule has 0 aliphatic rings. The van der Waals surface area contributed by atoms with E-state index >= 15 is 0 Å². The molecule has 0 saturated heterocycles. The van der Waals surface area contributed by atoms with E-state index in [0.717, 1.165) is 22.8 Å². The normalized spacial score (nSPS) is 12.3. The van der Waals surface area contributed by atoms with Gasteiger partial charge in [0, 0.05) is 16.6 Å². The highest BCUT2D eigenvalue weighted by Gasteiger charge is 2.13. The lowest BCUT2D eigenvalue weighted by Crippen LogP contribution is -2.09. The van der Waals surface area contributed by atoms with Crippen molar-refractivity contribution in [2.45, 2.75) is 26.8 Å². The average Bonchev–Trinajstić information content (AvgIpc) is 2.32. The maximum atomic E-state index is 13.8. The van der Waals surface area contributed by atoms with Crippen LogP contribution in [0.15, 0.2) is 34.8 Å². The lowest BCUT2D eigenvalue weighted by atomic mass is 10.0. The van der Waals surface area contributed by atoms with Crippen LogP contribution >= 0.6 is 15.9 Å². The Morgan fingerprint density at radius 2 is 1.60 bits per heavy atom. The van der Waals surface area contributed by atoms with Crippen molar-refractivity contribution in [3.63, 3.8) is 0 Å². The van der Waals surface area contributed by atoms with Crippen LogP contribution in [0.1, 0.15) is 29.7 Å². The molecule has 0 amide bonds. The van der Waals surface area contributed by atoms with E-state index in [9.17, 15) is 8.78 Å². The van der Waals surface area contributed by atoms with Gasteiger partial charge in [0.25, 0.3) is 0 Å². The van der Waals surface area contributed by atoms with Crippen molar-refractivity contribution >= 4 is 21.6 Å². The van der Waals surface area contributed by atoms with Crippen molar-refractivity contribution in [2.24, 2.45) is 0 Å². The zero-order valence-electron chi connectivity index (χ0n) is 11.6. The highest BCUT2D eigenvalue weighted by Crippen LogP contribution is 2.30. The van der Waals surface area contributed by atoms with E-state index in [1.54, 1.807) is 0 Å². The van der Waals surface area contributed by atoms with E-state index in [-0.39, 0.29) is 11.7 Å². The van der Waals surface area contributed by atoms with Crippen LogP contribution in [0, 0.1) is 25.5 Å². The van der Waals surface area contributed by atoms with E-state index in [2.05, 4.69) is 39.4 Å². The van der Waals surface area contributed by atoms with E-state index in [0.29, 0.717) is 4.47 Å². The van der Waals surface area contributed by atoms with Gasteiger partial charge in [-0.15, -0.1) is 0 Å². The van der Waals surface area contributed by atoms with E-state index in [1.807, 2.05) is 20.8 Å². The molecule has 2 aromatic rings. The van der Waals surface area contributed by atoms with Crippen LogP contribution in [0.5, 0.6) is 0 Å². The molecule has 2 aromatic carbocycles. The van der Waals surface area contributed by atoms with Gasteiger partial charge in [-0.1, -0.05) is 29.3 Å². The third-order valence-electron chi connectivity index (χ3n) is 3.11. The molecule has 2 rings (SSSR count). The van der Waals surface area contributed by atoms with Gasteiger partial charge in [-0.25, -0.2) is 8.78 Å². The molecule has 0 aromatic heterocycles. The Balaban J connectivity index is 2.30. The minimum atomic E-state index is -0.604. The zero-order valence-corrected chi connectivity index (χ0v) is 13.2. The maximum absolute atomic E-state index is 13.8. The third kappa shape index (κ3) is 3.37. The fraction of sp³-hybridized carbons (Fsp3) is 0.250. The Morgan fingerprint density at radius 3 is 2.15 bits per heavy atom. The van der Waals surface area contributed by atoms with Crippen LogP contribution in [-0.4, -0.2) is 0 Å². The standard InChI is InChI=1S/C16H16BrF2N/c1-9-4-10(2)6-12(5-9)11(3)20-16-14(17)7-13(18)8-15(16)19/h4-8,11,20H,1-3H3. The van der Waals surface area contributed by atoms with Crippen LogP contribution in [0.3, 0.4) is 0 Å². The van der Waals surface area contributed by atoms with Gasteiger partial charge >= 0.3 is 0 Å². The topological polar surface area (TPSA) is 12.0 Å². The Bertz CT molecular complexity index is 597. The van der Waals surface area contributed by atoms with Gasteiger partial charge in [-0.3, -0.25) is 0 Å². The number of benzene rings is 2. The molecule has 1 unspecified atom stereocenters. The van der Waals surface area contributed by atoms with Gasteiger partial charge in [-0.2, -0.15) is 0 Å². The first-order valence-corrected chi connectivity index (χ1v) is 7.15. The van der Waals surface area contributed by atoms with Gasteiger partial charge in [0.05, 0.1) is 5.69 Å². The first-order chi connectivity index (χ1) is 9.36. The van der Waals surface area contributed by atoms with E-state index in [4.69, 9.17) is 0 Å². The quantitative estimate of drug-likeness (QED) is 0.776. The molecule has 4 heteroatoms. The summed E-state index contributed by atoms with van der Waals surface area (Å²) in [6.45, 7) is 6.00. The highest BCUT2D eigenvalue weighted by molar-refractivity contribution is 9.10. The van der Waals surface area contributed by atoms with Crippen molar-refractivity contribution in [3.8, 4) is 0 Å². The van der Waals surface area contributed by atoms with Crippen LogP contribution < -0.4 is 5.32 Å². The third-order valence-corrected chi connectivity index (χ3v) is 3.74. The first kappa shape index (κ1) is 15.0. The first-order valence-electron chi connectivity index (χ1n) is 6.36. The van der Waals surface area contributed by atoms with Crippen LogP contribution in [-0.2, 0) is 0 Å². The molecule has 0 bridgehead atoms. The summed E-state index contributed by atoms with van der Waals surface area (Å²) in [7, 11) is 0. The fourth-order valence-electron chi connectivity index (χ4n) is 2.24. The summed E-state index contributed by atoms with van der Waals surface area (Å²) < 4.78 is 27.3. The number of nitrogens with one attached hydrogen (secondary N) is 1. The Hall–Kier alpha value is -1.42. The molecule has 0 fully saturated rings. The second kappa shape index (κ2) is 5.92. The minimum Gasteiger partial charge on any atom is -0.375 e. The number of anilines is 1. The number of rotatable bonds is 3. The lowest BCUT2D eigenvalue weighted by Gasteiger charge is -2.18. The lowest BCUT2D eigenvalue weighted by molar-refractivity contribution is 0.582. The van der Waals surface area contributed by atoms with Crippen molar-refractivity contribution in [1.29, 1.82) is 0 Å². The summed E-state index contributed by atoms with van der Waals surface area (Å²) in [5.41, 5.74) is 3.66. The summed E-state index contributed by atoms with van der Waals surface area (Å²) in [4.78, 5) is 0. The number of halogens is 3. The molecule has 20 heavy (non-hydrogen) atoms. The van der Waals surface area contributed by atoms with Crippen molar-refractivity contribution in [1.82, 2.24) is 0 Å². The minimum absolute atomic E-state index is 0.0788. The predicted molar refractivity (Wildman–Crippen MR) is 82.0 cm³/mol. The summed E-state index contributed by atoms with van der Waals surface area (Å²) in [6, 6.07) is 8.25. The molecule has 0 aliphatic carbocycles. The van der Waals surface area contributed by atoms with Crippen LogP contribution in [0.4, 0.5) is 14.5 Å². The number of hydrogen-bond acceptors (Lipinski definition) is 1. The predicted octanol–water partition coefficient (Wildman–Crippen LogP) is 5.52. The summed E-state index contributed by atoms with van der Waals surface area (Å²) in [5, 5.41) is 3.09. The van der Waals surface area contributed by atoms with E-state index in [1.165, 1.54) is 6.07 Å². The second-order valence-corrected chi connectivity index (χ2v) is 5.89. The number of hydrogen-bond donors (Lipinski definition) is 1. The molecule has 0 saturated carbocycles. The van der Waals surface area contributed by atoms with Crippen LogP contribution in [0.2, 0.25) is 0 Å². The van der Waals surface area contributed by atoms with Gasteiger partial charge in [0.2, 0.25) is 0 Å². The molecule has 0 spiro atoms.